The van der Waals surface area contributed by atoms with E-state index in [9.17, 15) is 9.90 Å². The Morgan fingerprint density at radius 3 is 2.74 bits per heavy atom. The van der Waals surface area contributed by atoms with Gasteiger partial charge in [0.1, 0.15) is 0 Å². The number of hydrogen-bond acceptors (Lipinski definition) is 2. The maximum absolute atomic E-state index is 12.1. The van der Waals surface area contributed by atoms with Gasteiger partial charge in [-0.25, -0.2) is 0 Å². The highest BCUT2D eigenvalue weighted by Crippen LogP contribution is 2.32. The van der Waals surface area contributed by atoms with Crippen LogP contribution >= 0.6 is 11.6 Å². The van der Waals surface area contributed by atoms with E-state index in [1.54, 1.807) is 11.9 Å². The Bertz CT molecular complexity index is 455. The zero-order valence-corrected chi connectivity index (χ0v) is 12.0. The van der Waals surface area contributed by atoms with Crippen LogP contribution in [-0.2, 0) is 11.3 Å². The van der Waals surface area contributed by atoms with Crippen molar-refractivity contribution in [1.82, 2.24) is 4.90 Å². The summed E-state index contributed by atoms with van der Waals surface area (Å²) in [5.41, 5.74) is 0.224. The molecule has 1 aliphatic rings. The van der Waals surface area contributed by atoms with Crippen molar-refractivity contribution in [2.24, 2.45) is 0 Å². The van der Waals surface area contributed by atoms with E-state index in [0.29, 0.717) is 11.6 Å². The molecule has 1 amide bonds. The van der Waals surface area contributed by atoms with Crippen molar-refractivity contribution in [2.75, 3.05) is 7.05 Å². The summed E-state index contributed by atoms with van der Waals surface area (Å²) in [6, 6.07) is 7.49. The molecule has 0 radical (unpaired) electrons. The fourth-order valence-electron chi connectivity index (χ4n) is 2.62. The molecule has 0 saturated heterocycles. The van der Waals surface area contributed by atoms with E-state index in [4.69, 9.17) is 11.6 Å². The fourth-order valence-corrected chi connectivity index (χ4v) is 2.84. The molecule has 0 spiro atoms. The highest BCUT2D eigenvalue weighted by Gasteiger charge is 2.34. The molecule has 0 heterocycles. The molecule has 1 aliphatic carbocycles. The highest BCUT2D eigenvalue weighted by molar-refractivity contribution is 6.30. The number of aliphatic hydroxyl groups is 1. The number of hydrogen-bond donors (Lipinski definition) is 1. The van der Waals surface area contributed by atoms with Crippen molar-refractivity contribution in [3.63, 3.8) is 0 Å². The standard InChI is InChI=1S/C15H20ClNO2/c1-17(11-12-5-4-6-13(16)9-12)14(18)10-15(19)7-2-3-8-15/h4-6,9,19H,2-3,7-8,10-11H2,1H3. The molecule has 1 saturated carbocycles. The van der Waals surface area contributed by atoms with E-state index in [1.807, 2.05) is 24.3 Å². The molecule has 104 valence electrons. The second-order valence-electron chi connectivity index (χ2n) is 5.49. The molecule has 1 fully saturated rings. The van der Waals surface area contributed by atoms with Crippen LogP contribution in [0.5, 0.6) is 0 Å². The van der Waals surface area contributed by atoms with Crippen LogP contribution in [0.25, 0.3) is 0 Å². The first-order valence-electron chi connectivity index (χ1n) is 6.69. The summed E-state index contributed by atoms with van der Waals surface area (Å²) < 4.78 is 0. The topological polar surface area (TPSA) is 40.5 Å². The Labute approximate surface area is 119 Å². The second kappa shape index (κ2) is 5.93. The molecule has 0 aromatic heterocycles. The molecule has 0 atom stereocenters. The van der Waals surface area contributed by atoms with Crippen LogP contribution in [0.15, 0.2) is 24.3 Å². The lowest BCUT2D eigenvalue weighted by Crippen LogP contribution is -2.35. The van der Waals surface area contributed by atoms with E-state index in [1.165, 1.54) is 0 Å². The molecule has 0 bridgehead atoms. The zero-order valence-electron chi connectivity index (χ0n) is 11.2. The minimum absolute atomic E-state index is 0.00984. The first-order valence-corrected chi connectivity index (χ1v) is 7.07. The SMILES string of the molecule is CN(Cc1cccc(Cl)c1)C(=O)CC1(O)CCCC1. The van der Waals surface area contributed by atoms with Gasteiger partial charge in [-0.3, -0.25) is 4.79 Å². The van der Waals surface area contributed by atoms with Crippen molar-refractivity contribution < 1.29 is 9.90 Å². The van der Waals surface area contributed by atoms with E-state index >= 15 is 0 Å². The van der Waals surface area contributed by atoms with Crippen molar-refractivity contribution in [3.05, 3.63) is 34.9 Å². The first kappa shape index (κ1) is 14.4. The van der Waals surface area contributed by atoms with E-state index < -0.39 is 5.60 Å². The lowest BCUT2D eigenvalue weighted by atomic mass is 9.97. The van der Waals surface area contributed by atoms with Crippen molar-refractivity contribution in [1.29, 1.82) is 0 Å². The third kappa shape index (κ3) is 3.95. The number of carbonyl (C=O) groups excluding carboxylic acids is 1. The van der Waals surface area contributed by atoms with Crippen LogP contribution in [0.2, 0.25) is 5.02 Å². The van der Waals surface area contributed by atoms with Gasteiger partial charge in [0.25, 0.3) is 0 Å². The molecule has 3 nitrogen and oxygen atoms in total. The maximum Gasteiger partial charge on any atom is 0.225 e. The van der Waals surface area contributed by atoms with Crippen molar-refractivity contribution in [3.8, 4) is 0 Å². The van der Waals surface area contributed by atoms with Gasteiger partial charge in [-0.05, 0) is 30.5 Å². The molecule has 0 aliphatic heterocycles. The van der Waals surface area contributed by atoms with Crippen molar-refractivity contribution in [2.45, 2.75) is 44.2 Å². The molecule has 1 aromatic rings. The largest absolute Gasteiger partial charge is 0.389 e. The van der Waals surface area contributed by atoms with Crippen LogP contribution < -0.4 is 0 Å². The monoisotopic (exact) mass is 281 g/mol. The lowest BCUT2D eigenvalue weighted by molar-refractivity contribution is -0.135. The van der Waals surface area contributed by atoms with Crippen LogP contribution in [0.1, 0.15) is 37.7 Å². The molecule has 2 rings (SSSR count). The predicted octanol–water partition coefficient (Wildman–Crippen LogP) is 2.99. The Morgan fingerprint density at radius 1 is 1.42 bits per heavy atom. The van der Waals surface area contributed by atoms with Gasteiger partial charge in [-0.15, -0.1) is 0 Å². The smallest absolute Gasteiger partial charge is 0.225 e. The van der Waals surface area contributed by atoms with Crippen LogP contribution in [0.3, 0.4) is 0 Å². The van der Waals surface area contributed by atoms with Gasteiger partial charge in [0.05, 0.1) is 12.0 Å². The van der Waals surface area contributed by atoms with Gasteiger partial charge in [0.2, 0.25) is 5.91 Å². The zero-order chi connectivity index (χ0) is 13.9. The third-order valence-corrected chi connectivity index (χ3v) is 3.98. The number of benzene rings is 1. The Balaban J connectivity index is 1.92. The van der Waals surface area contributed by atoms with Crippen LogP contribution in [0, 0.1) is 0 Å². The summed E-state index contributed by atoms with van der Waals surface area (Å²) in [6.45, 7) is 0.523. The summed E-state index contributed by atoms with van der Waals surface area (Å²) in [4.78, 5) is 13.8. The maximum atomic E-state index is 12.1. The number of rotatable bonds is 4. The minimum atomic E-state index is -0.778. The predicted molar refractivity (Wildman–Crippen MR) is 76.0 cm³/mol. The van der Waals surface area contributed by atoms with E-state index in [2.05, 4.69) is 0 Å². The first-order chi connectivity index (χ1) is 8.98. The van der Waals surface area contributed by atoms with E-state index in [0.717, 1.165) is 31.2 Å². The summed E-state index contributed by atoms with van der Waals surface area (Å²) in [6.07, 6.45) is 3.74. The molecule has 19 heavy (non-hydrogen) atoms. The lowest BCUT2D eigenvalue weighted by Gasteiger charge is -2.25. The van der Waals surface area contributed by atoms with Gasteiger partial charge >= 0.3 is 0 Å². The van der Waals surface area contributed by atoms with Gasteiger partial charge in [-0.2, -0.15) is 0 Å². The Morgan fingerprint density at radius 2 is 2.11 bits per heavy atom. The minimum Gasteiger partial charge on any atom is -0.389 e. The van der Waals surface area contributed by atoms with Gasteiger partial charge in [0, 0.05) is 18.6 Å². The Hall–Kier alpha value is -1.06. The number of nitrogens with zero attached hydrogens (tertiary/aromatic N) is 1. The van der Waals surface area contributed by atoms with Gasteiger partial charge < -0.3 is 10.0 Å². The fraction of sp³-hybridized carbons (Fsp3) is 0.533. The third-order valence-electron chi connectivity index (χ3n) is 3.75. The van der Waals surface area contributed by atoms with Gasteiger partial charge in [0.15, 0.2) is 0 Å². The normalized spacial score (nSPS) is 17.4. The molecular weight excluding hydrogens is 262 g/mol. The average molecular weight is 282 g/mol. The summed E-state index contributed by atoms with van der Waals surface area (Å²) in [7, 11) is 1.77. The summed E-state index contributed by atoms with van der Waals surface area (Å²) in [5.74, 6) is -0.00984. The van der Waals surface area contributed by atoms with Crippen LogP contribution in [0.4, 0.5) is 0 Å². The second-order valence-corrected chi connectivity index (χ2v) is 5.92. The Kier molecular flexibility index (Phi) is 4.48. The molecule has 1 N–H and O–H groups in total. The van der Waals surface area contributed by atoms with Crippen molar-refractivity contribution >= 4 is 17.5 Å². The molecular formula is C15H20ClNO2. The highest BCUT2D eigenvalue weighted by atomic mass is 35.5. The number of halogens is 1. The molecule has 4 heteroatoms. The average Bonchev–Trinajstić information content (AvgIpc) is 2.75. The van der Waals surface area contributed by atoms with E-state index in [-0.39, 0.29) is 12.3 Å². The quantitative estimate of drug-likeness (QED) is 0.922. The number of amides is 1. The van der Waals surface area contributed by atoms with Gasteiger partial charge in [-0.1, -0.05) is 36.6 Å². The summed E-state index contributed by atoms with van der Waals surface area (Å²) >= 11 is 5.92. The summed E-state index contributed by atoms with van der Waals surface area (Å²) in [5, 5.41) is 10.9. The number of carbonyl (C=O) groups is 1. The molecule has 0 unspecified atom stereocenters. The van der Waals surface area contributed by atoms with Crippen LogP contribution in [-0.4, -0.2) is 28.6 Å². The molecule has 1 aromatic carbocycles.